The van der Waals surface area contributed by atoms with Crippen molar-refractivity contribution in [2.75, 3.05) is 0 Å². The Hall–Kier alpha value is -6.65. The minimum Gasteiger partial charge on any atom is -0.309 e. The van der Waals surface area contributed by atoms with Crippen molar-refractivity contribution in [3.63, 3.8) is 0 Å². The van der Waals surface area contributed by atoms with E-state index in [-0.39, 0.29) is 5.41 Å². The lowest BCUT2D eigenvalue weighted by Gasteiger charge is -2.22. The molecule has 1 aliphatic rings. The van der Waals surface area contributed by atoms with Crippen molar-refractivity contribution >= 4 is 21.8 Å². The zero-order chi connectivity index (χ0) is 34.8. The van der Waals surface area contributed by atoms with Crippen molar-refractivity contribution in [3.05, 3.63) is 181 Å². The average molecular weight is 667 g/mol. The summed E-state index contributed by atoms with van der Waals surface area (Å²) in [6.07, 6.45) is 0. The monoisotopic (exact) mass is 666 g/mol. The van der Waals surface area contributed by atoms with Gasteiger partial charge in [0.15, 0.2) is 5.82 Å². The van der Waals surface area contributed by atoms with Crippen LogP contribution in [0.2, 0.25) is 0 Å². The summed E-state index contributed by atoms with van der Waals surface area (Å²) in [6, 6.07) is 59.9. The number of nitrogens with zero attached hydrogens (tertiary/aromatic N) is 4. The topological polar surface area (TPSA) is 43.6 Å². The summed E-state index contributed by atoms with van der Waals surface area (Å²) in [7, 11) is 0. The van der Waals surface area contributed by atoms with E-state index in [9.17, 15) is 0 Å². The maximum Gasteiger partial charge on any atom is 0.160 e. The minimum atomic E-state index is -0.104. The summed E-state index contributed by atoms with van der Waals surface area (Å²) in [4.78, 5) is 15.4. The van der Waals surface area contributed by atoms with E-state index >= 15 is 0 Å². The predicted molar refractivity (Wildman–Crippen MR) is 213 cm³/mol. The fourth-order valence-corrected chi connectivity index (χ4v) is 8.03. The third-order valence-electron chi connectivity index (χ3n) is 10.7. The molecule has 4 nitrogen and oxygen atoms in total. The molecule has 9 aromatic rings. The minimum absolute atomic E-state index is 0.104. The zero-order valence-corrected chi connectivity index (χ0v) is 29.0. The average Bonchev–Trinajstić information content (AvgIpc) is 3.66. The van der Waals surface area contributed by atoms with Gasteiger partial charge in [-0.1, -0.05) is 135 Å². The standard InChI is InChI=1S/C48H34N4/c1-48(2)39-18-9-6-15-35(39)36-28-25-33(29-40(36)48)43-30-44(51-47(50-43)32-13-4-3-5-14-32)42-20-12-19-41(49-42)31-23-26-34(27-24-31)52-45-21-10-7-16-37(45)38-17-8-11-22-46(38)52/h3-30H,1-2H3. The number of hydrogen-bond donors (Lipinski definition) is 0. The number of rotatable bonds is 5. The Morgan fingerprint density at radius 1 is 0.404 bits per heavy atom. The van der Waals surface area contributed by atoms with Crippen molar-refractivity contribution in [1.29, 1.82) is 0 Å². The molecule has 0 bridgehead atoms. The Kier molecular flexibility index (Phi) is 6.80. The lowest BCUT2D eigenvalue weighted by molar-refractivity contribution is 0.660. The summed E-state index contributed by atoms with van der Waals surface area (Å²) in [5.74, 6) is 0.680. The Bertz CT molecular complexity index is 2760. The van der Waals surface area contributed by atoms with Crippen LogP contribution in [0.3, 0.4) is 0 Å². The maximum atomic E-state index is 5.19. The van der Waals surface area contributed by atoms with Gasteiger partial charge in [-0.15, -0.1) is 0 Å². The van der Waals surface area contributed by atoms with E-state index in [0.29, 0.717) is 5.82 Å². The van der Waals surface area contributed by atoms with Crippen molar-refractivity contribution in [1.82, 2.24) is 19.5 Å². The Morgan fingerprint density at radius 2 is 1.02 bits per heavy atom. The highest BCUT2D eigenvalue weighted by atomic mass is 15.0. The number of para-hydroxylation sites is 2. The molecule has 0 saturated carbocycles. The predicted octanol–water partition coefficient (Wildman–Crippen LogP) is 11.9. The first-order chi connectivity index (χ1) is 25.5. The van der Waals surface area contributed by atoms with Crippen LogP contribution in [-0.2, 0) is 5.41 Å². The van der Waals surface area contributed by atoms with Gasteiger partial charge in [0.1, 0.15) is 0 Å². The fraction of sp³-hybridized carbons (Fsp3) is 0.0625. The number of benzene rings is 6. The molecule has 0 saturated heterocycles. The first-order valence-corrected chi connectivity index (χ1v) is 17.8. The molecule has 3 heterocycles. The Balaban J connectivity index is 1.05. The summed E-state index contributed by atoms with van der Waals surface area (Å²) in [5, 5.41) is 2.51. The van der Waals surface area contributed by atoms with Crippen molar-refractivity contribution < 1.29 is 0 Å². The molecule has 4 heteroatoms. The van der Waals surface area contributed by atoms with Crippen LogP contribution in [0.25, 0.3) is 83.9 Å². The highest BCUT2D eigenvalue weighted by Gasteiger charge is 2.35. The highest BCUT2D eigenvalue weighted by molar-refractivity contribution is 6.09. The number of pyridine rings is 1. The normalized spacial score (nSPS) is 13.0. The molecular weight excluding hydrogens is 633 g/mol. The molecule has 0 amide bonds. The maximum absolute atomic E-state index is 5.19. The Morgan fingerprint density at radius 3 is 1.79 bits per heavy atom. The van der Waals surface area contributed by atoms with Crippen LogP contribution in [0.15, 0.2) is 170 Å². The molecule has 52 heavy (non-hydrogen) atoms. The lowest BCUT2D eigenvalue weighted by Crippen LogP contribution is -2.14. The summed E-state index contributed by atoms with van der Waals surface area (Å²) in [5.41, 5.74) is 15.1. The fourth-order valence-electron chi connectivity index (χ4n) is 8.03. The Labute approximate surface area is 302 Å². The van der Waals surface area contributed by atoms with E-state index in [1.54, 1.807) is 0 Å². The smallest absolute Gasteiger partial charge is 0.160 e. The van der Waals surface area contributed by atoms with Gasteiger partial charge >= 0.3 is 0 Å². The molecule has 0 unspecified atom stereocenters. The molecule has 0 aliphatic heterocycles. The van der Waals surface area contributed by atoms with Crippen LogP contribution in [0.1, 0.15) is 25.0 Å². The van der Waals surface area contributed by atoms with Crippen LogP contribution in [-0.4, -0.2) is 19.5 Å². The quantitative estimate of drug-likeness (QED) is 0.184. The molecule has 10 rings (SSSR count). The number of hydrogen-bond acceptors (Lipinski definition) is 3. The molecule has 0 atom stereocenters. The molecule has 0 fully saturated rings. The van der Waals surface area contributed by atoms with E-state index < -0.39 is 0 Å². The van der Waals surface area contributed by atoms with Gasteiger partial charge in [-0.3, -0.25) is 0 Å². The molecule has 246 valence electrons. The van der Waals surface area contributed by atoms with Crippen LogP contribution < -0.4 is 0 Å². The number of fused-ring (bicyclic) bond motifs is 6. The van der Waals surface area contributed by atoms with E-state index in [0.717, 1.165) is 45.2 Å². The van der Waals surface area contributed by atoms with Crippen LogP contribution >= 0.6 is 0 Å². The van der Waals surface area contributed by atoms with Crippen LogP contribution in [0.4, 0.5) is 0 Å². The summed E-state index contributed by atoms with van der Waals surface area (Å²) < 4.78 is 2.34. The third kappa shape index (κ3) is 4.79. The molecule has 0 N–H and O–H groups in total. The van der Waals surface area contributed by atoms with Gasteiger partial charge < -0.3 is 4.57 Å². The van der Waals surface area contributed by atoms with Gasteiger partial charge in [0.05, 0.1) is 33.8 Å². The molecule has 0 radical (unpaired) electrons. The van der Waals surface area contributed by atoms with Crippen LogP contribution in [0, 0.1) is 0 Å². The van der Waals surface area contributed by atoms with Crippen molar-refractivity contribution in [2.24, 2.45) is 0 Å². The van der Waals surface area contributed by atoms with Crippen LogP contribution in [0.5, 0.6) is 0 Å². The zero-order valence-electron chi connectivity index (χ0n) is 29.0. The van der Waals surface area contributed by atoms with Gasteiger partial charge in [-0.25, -0.2) is 15.0 Å². The summed E-state index contributed by atoms with van der Waals surface area (Å²) >= 11 is 0. The number of aromatic nitrogens is 4. The van der Waals surface area contributed by atoms with Gasteiger partial charge in [0.2, 0.25) is 0 Å². The van der Waals surface area contributed by atoms with Crippen molar-refractivity contribution in [2.45, 2.75) is 19.3 Å². The van der Waals surface area contributed by atoms with Crippen molar-refractivity contribution in [3.8, 4) is 62.1 Å². The highest BCUT2D eigenvalue weighted by Crippen LogP contribution is 2.49. The lowest BCUT2D eigenvalue weighted by atomic mass is 9.82. The SMILES string of the molecule is CC1(C)c2ccccc2-c2ccc(-c3cc(-c4cccc(-c5ccc(-n6c7ccccc7c7ccccc76)cc5)n4)nc(-c4ccccc4)n3)cc21. The summed E-state index contributed by atoms with van der Waals surface area (Å²) in [6.45, 7) is 4.63. The molecule has 3 aromatic heterocycles. The first kappa shape index (κ1) is 30.2. The van der Waals surface area contributed by atoms with E-state index in [1.165, 1.54) is 44.1 Å². The van der Waals surface area contributed by atoms with Gasteiger partial charge in [0.25, 0.3) is 0 Å². The first-order valence-electron chi connectivity index (χ1n) is 17.8. The second-order valence-corrected chi connectivity index (χ2v) is 14.1. The molecule has 6 aromatic carbocycles. The van der Waals surface area contributed by atoms with E-state index in [2.05, 4.69) is 164 Å². The van der Waals surface area contributed by atoms with E-state index in [4.69, 9.17) is 15.0 Å². The van der Waals surface area contributed by atoms with Gasteiger partial charge in [0, 0.05) is 38.6 Å². The van der Waals surface area contributed by atoms with Gasteiger partial charge in [-0.2, -0.15) is 0 Å². The largest absolute Gasteiger partial charge is 0.309 e. The second kappa shape index (κ2) is 11.7. The molecule has 1 aliphatic carbocycles. The van der Waals surface area contributed by atoms with Gasteiger partial charge in [-0.05, 0) is 70.8 Å². The van der Waals surface area contributed by atoms with E-state index in [1.807, 2.05) is 24.3 Å². The molecule has 0 spiro atoms. The second-order valence-electron chi connectivity index (χ2n) is 14.1. The molecular formula is C48H34N4. The third-order valence-corrected chi connectivity index (χ3v) is 10.7.